The highest BCUT2D eigenvalue weighted by Crippen LogP contribution is 2.41. The molecule has 2 aliphatic heterocycles. The molecule has 0 radical (unpaired) electrons. The number of fused-ring (bicyclic) bond motifs is 2. The number of hydrogen-bond donors (Lipinski definition) is 3. The van der Waals surface area contributed by atoms with Crippen molar-refractivity contribution in [1.29, 1.82) is 0 Å². The predicted octanol–water partition coefficient (Wildman–Crippen LogP) is 13.3. The average Bonchev–Trinajstić information content (AvgIpc) is 3.61. The van der Waals surface area contributed by atoms with Gasteiger partial charge in [0.25, 0.3) is 0 Å². The topological polar surface area (TPSA) is 105 Å². The van der Waals surface area contributed by atoms with Crippen molar-refractivity contribution in [3.8, 4) is 0 Å². The number of hydrogen-bond acceptors (Lipinski definition) is 3. The van der Waals surface area contributed by atoms with E-state index in [-0.39, 0.29) is 23.7 Å². The Hall–Kier alpha value is -6.41. The van der Waals surface area contributed by atoms with Crippen LogP contribution in [0.15, 0.2) is 145 Å². The number of aliphatic carboxylic acids is 2. The van der Waals surface area contributed by atoms with Gasteiger partial charge in [-0.05, 0) is 116 Å². The first-order valence-electron chi connectivity index (χ1n) is 23.2. The quantitative estimate of drug-likeness (QED) is 0.0352. The van der Waals surface area contributed by atoms with E-state index in [1.807, 2.05) is 66.7 Å². The highest BCUT2D eigenvalue weighted by atomic mass is 16.4. The normalized spacial score (nSPS) is 14.4. The largest absolute Gasteiger partial charge is 0.481 e. The van der Waals surface area contributed by atoms with Crippen LogP contribution >= 0.6 is 0 Å². The Morgan fingerprint density at radius 1 is 0.600 bits per heavy atom. The molecule has 0 atom stereocenters. The highest BCUT2D eigenvalue weighted by Gasteiger charge is 2.44. The van der Waals surface area contributed by atoms with Crippen molar-refractivity contribution in [2.24, 2.45) is 4.99 Å². The average molecular weight is 875 g/mol. The zero-order chi connectivity index (χ0) is 46.8. The smallest absolute Gasteiger partial charge is 0.303 e. The predicted molar refractivity (Wildman–Crippen MR) is 270 cm³/mol. The number of aryl methyl sites for hydroxylation is 2. The number of carbonyl (C=O) groups is 2. The molecular formula is C57H70N4O4+2. The second kappa shape index (κ2) is 24.0. The van der Waals surface area contributed by atoms with Crippen LogP contribution in [0.5, 0.6) is 0 Å². The van der Waals surface area contributed by atoms with Crippen molar-refractivity contribution in [2.45, 2.75) is 117 Å². The summed E-state index contributed by atoms with van der Waals surface area (Å²) in [5, 5.41) is 20.6. The molecule has 0 fully saturated rings. The lowest BCUT2D eigenvalue weighted by Gasteiger charge is -2.16. The van der Waals surface area contributed by atoms with Crippen molar-refractivity contribution >= 4 is 52.5 Å². The van der Waals surface area contributed by atoms with Crippen LogP contribution in [0, 0.1) is 13.8 Å². The fraction of sp³-hybridized carbons (Fsp3) is 0.351. The number of anilines is 1. The van der Waals surface area contributed by atoms with Gasteiger partial charge in [-0.1, -0.05) is 96.1 Å². The SMILES string of the molecule is C(=Nc1ccccc1)Nc1ccccc1.CC1=[N+](CCCCCC(=O)O)c2ccc(C)cc2C1(C)C.Cc1ccc2c(c1)C(C)(C)C(C=CCc1ccccc1)=[N+]2CCCCCC(=O)O. The zero-order valence-electron chi connectivity index (χ0n) is 39.7. The molecule has 5 aromatic carbocycles. The minimum atomic E-state index is -0.704. The molecule has 2 heterocycles. The van der Waals surface area contributed by atoms with E-state index >= 15 is 0 Å². The summed E-state index contributed by atoms with van der Waals surface area (Å²) in [5.41, 5.74) is 14.0. The molecule has 340 valence electrons. The molecule has 0 saturated carbocycles. The Kier molecular flexibility index (Phi) is 18.3. The number of rotatable bonds is 18. The third-order valence-electron chi connectivity index (χ3n) is 12.5. The summed E-state index contributed by atoms with van der Waals surface area (Å²) in [6.45, 7) is 17.6. The summed E-state index contributed by atoms with van der Waals surface area (Å²) >= 11 is 0. The Bertz CT molecular complexity index is 2470. The van der Waals surface area contributed by atoms with E-state index in [1.165, 1.54) is 50.6 Å². The van der Waals surface area contributed by atoms with Gasteiger partial charge in [0.05, 0.1) is 22.9 Å². The van der Waals surface area contributed by atoms with Gasteiger partial charge in [0.2, 0.25) is 11.4 Å². The third kappa shape index (κ3) is 14.3. The number of carboxylic acid groups (broad SMARTS) is 2. The van der Waals surface area contributed by atoms with E-state index in [2.05, 4.69) is 141 Å². The lowest BCUT2D eigenvalue weighted by molar-refractivity contribution is -0.439. The molecule has 0 aromatic heterocycles. The van der Waals surface area contributed by atoms with Gasteiger partial charge in [0.1, 0.15) is 13.1 Å². The maximum absolute atomic E-state index is 10.8. The molecule has 8 nitrogen and oxygen atoms in total. The molecule has 8 heteroatoms. The Labute approximate surface area is 387 Å². The number of nitrogens with one attached hydrogen (secondary N) is 1. The highest BCUT2D eigenvalue weighted by molar-refractivity contribution is 6.03. The summed E-state index contributed by atoms with van der Waals surface area (Å²) in [4.78, 5) is 25.6. The minimum Gasteiger partial charge on any atom is -0.481 e. The summed E-state index contributed by atoms with van der Waals surface area (Å²) in [6, 6.07) is 43.7. The monoisotopic (exact) mass is 875 g/mol. The van der Waals surface area contributed by atoms with Gasteiger partial charge in [-0.3, -0.25) is 9.59 Å². The first kappa shape index (κ1) is 49.6. The van der Waals surface area contributed by atoms with Gasteiger partial charge in [0, 0.05) is 67.6 Å². The first-order valence-corrected chi connectivity index (χ1v) is 23.2. The number of allylic oxidation sites excluding steroid dienone is 2. The number of carboxylic acids is 2. The fourth-order valence-electron chi connectivity index (χ4n) is 8.51. The van der Waals surface area contributed by atoms with E-state index in [0.29, 0.717) is 0 Å². The molecule has 0 saturated heterocycles. The second-order valence-corrected chi connectivity index (χ2v) is 18.2. The molecule has 65 heavy (non-hydrogen) atoms. The molecule has 5 aromatic rings. The lowest BCUT2D eigenvalue weighted by atomic mass is 9.81. The van der Waals surface area contributed by atoms with Crippen molar-refractivity contribution < 1.29 is 29.0 Å². The molecule has 0 bridgehead atoms. The molecule has 3 N–H and O–H groups in total. The van der Waals surface area contributed by atoms with Gasteiger partial charge >= 0.3 is 11.9 Å². The van der Waals surface area contributed by atoms with E-state index in [4.69, 9.17) is 10.2 Å². The Morgan fingerprint density at radius 2 is 1.09 bits per heavy atom. The molecule has 2 aliphatic rings. The molecule has 0 amide bonds. The molecule has 0 spiro atoms. The van der Waals surface area contributed by atoms with Crippen LogP contribution in [0.25, 0.3) is 0 Å². The van der Waals surface area contributed by atoms with Gasteiger partial charge in [-0.2, -0.15) is 9.15 Å². The van der Waals surface area contributed by atoms with Crippen LogP contribution < -0.4 is 5.32 Å². The van der Waals surface area contributed by atoms with Crippen molar-refractivity contribution in [1.82, 2.24) is 0 Å². The van der Waals surface area contributed by atoms with Crippen LogP contribution in [0.1, 0.15) is 114 Å². The van der Waals surface area contributed by atoms with E-state index < -0.39 is 11.9 Å². The Balaban J connectivity index is 0.000000193. The lowest BCUT2D eigenvalue weighted by Crippen LogP contribution is -2.28. The number of nitrogens with zero attached hydrogens (tertiary/aromatic N) is 3. The van der Waals surface area contributed by atoms with E-state index in [1.54, 1.807) is 6.34 Å². The van der Waals surface area contributed by atoms with Gasteiger partial charge in [-0.15, -0.1) is 0 Å². The van der Waals surface area contributed by atoms with Crippen LogP contribution in [0.4, 0.5) is 22.7 Å². The second-order valence-electron chi connectivity index (χ2n) is 18.2. The summed E-state index contributed by atoms with van der Waals surface area (Å²) < 4.78 is 4.85. The first-order chi connectivity index (χ1) is 31.2. The van der Waals surface area contributed by atoms with E-state index in [0.717, 1.165) is 69.4 Å². The van der Waals surface area contributed by atoms with Crippen LogP contribution in [0.2, 0.25) is 0 Å². The maximum atomic E-state index is 10.8. The standard InChI is InChI=1S/C26H31NO2.C18H25NO2.C13H12N2/c1-20-16-17-23-22(19-20)26(2,3)24(14-10-13-21-11-6-4-7-12-21)27(23)18-9-5-8-15-25(28)29;1-13-9-10-16-15(12-13)18(3,4)14(2)19(16)11-7-5-6-8-17(20)21;1-3-7-12(8-4-1)14-11-15-13-9-5-2-6-10-13/h4,6-7,10-12,14,16-17,19H,5,8-9,13,15,18H2,1-3H3;9-10,12H,5-8,11H2,1-4H3;1-11H,(H,14,15)/p+2. The number of para-hydroxylation sites is 2. The van der Waals surface area contributed by atoms with Crippen LogP contribution in [0.3, 0.4) is 0 Å². The molecule has 7 rings (SSSR count). The van der Waals surface area contributed by atoms with Crippen LogP contribution in [-0.2, 0) is 26.8 Å². The zero-order valence-corrected chi connectivity index (χ0v) is 39.7. The number of aliphatic imine (C=N–C) groups is 1. The maximum Gasteiger partial charge on any atom is 0.303 e. The summed E-state index contributed by atoms with van der Waals surface area (Å²) in [7, 11) is 0. The van der Waals surface area contributed by atoms with Crippen LogP contribution in [-0.4, -0.2) is 62.2 Å². The molecular weight excluding hydrogens is 805 g/mol. The molecule has 0 unspecified atom stereocenters. The Morgan fingerprint density at radius 3 is 1.65 bits per heavy atom. The van der Waals surface area contributed by atoms with Crippen molar-refractivity contribution in [3.63, 3.8) is 0 Å². The number of benzene rings is 5. The fourth-order valence-corrected chi connectivity index (χ4v) is 8.51. The number of unbranched alkanes of at least 4 members (excludes halogenated alkanes) is 4. The minimum absolute atomic E-state index is 0.0460. The third-order valence-corrected chi connectivity index (χ3v) is 12.5. The van der Waals surface area contributed by atoms with Crippen molar-refractivity contribution in [3.05, 3.63) is 167 Å². The van der Waals surface area contributed by atoms with Gasteiger partial charge in [0.15, 0.2) is 11.4 Å². The van der Waals surface area contributed by atoms with Gasteiger partial charge < -0.3 is 15.5 Å². The summed E-state index contributed by atoms with van der Waals surface area (Å²) in [6.07, 6.45) is 13.2. The summed E-state index contributed by atoms with van der Waals surface area (Å²) in [5.74, 6) is -1.40. The van der Waals surface area contributed by atoms with Crippen molar-refractivity contribution in [2.75, 3.05) is 18.4 Å². The van der Waals surface area contributed by atoms with E-state index in [9.17, 15) is 9.59 Å². The van der Waals surface area contributed by atoms with Gasteiger partial charge in [-0.25, -0.2) is 4.99 Å². The molecule has 0 aliphatic carbocycles.